The molecule has 0 fully saturated rings. The van der Waals surface area contributed by atoms with Crippen LogP contribution in [0.25, 0.3) is 0 Å². The Balaban J connectivity index is 4.65. The van der Waals surface area contributed by atoms with E-state index < -0.39 is 0 Å². The van der Waals surface area contributed by atoms with Crippen LogP contribution in [-0.4, -0.2) is 6.21 Å². The minimum absolute atomic E-state index is 0.274. The highest BCUT2D eigenvalue weighted by Crippen LogP contribution is 2.09. The maximum atomic E-state index is 8.53. The van der Waals surface area contributed by atoms with Crippen molar-refractivity contribution in [2.24, 2.45) is 0 Å². The second-order valence-electron chi connectivity index (χ2n) is 2.41. The molecule has 0 aromatic rings. The highest BCUT2D eigenvalue weighted by molar-refractivity contribution is 5.82. The summed E-state index contributed by atoms with van der Waals surface area (Å²) in [5, 5.41) is 15.4. The summed E-state index contributed by atoms with van der Waals surface area (Å²) >= 11 is 0. The van der Waals surface area contributed by atoms with Gasteiger partial charge in [0.05, 0.1) is 5.57 Å². The standard InChI is InChI=1S/C11H12N2/c1-4-5-9(2)10(3)6-11(7-12)8-13/h4-7,12H,2-3H2,1H3/b5-4-,11-6+,12-7?. The molecule has 0 heterocycles. The molecular formula is C11H12N2. The monoisotopic (exact) mass is 172 g/mol. The van der Waals surface area contributed by atoms with E-state index in [4.69, 9.17) is 10.7 Å². The average molecular weight is 172 g/mol. The van der Waals surface area contributed by atoms with Crippen molar-refractivity contribution in [3.8, 4) is 6.07 Å². The zero-order valence-electron chi connectivity index (χ0n) is 7.67. The van der Waals surface area contributed by atoms with E-state index in [-0.39, 0.29) is 5.57 Å². The van der Waals surface area contributed by atoms with Crippen molar-refractivity contribution in [1.82, 2.24) is 0 Å². The summed E-state index contributed by atoms with van der Waals surface area (Å²) in [6.45, 7) is 9.36. The lowest BCUT2D eigenvalue weighted by atomic mass is 10.1. The van der Waals surface area contributed by atoms with Gasteiger partial charge in [-0.15, -0.1) is 0 Å². The molecule has 0 spiro atoms. The van der Waals surface area contributed by atoms with Crippen LogP contribution < -0.4 is 0 Å². The van der Waals surface area contributed by atoms with E-state index in [9.17, 15) is 0 Å². The van der Waals surface area contributed by atoms with Gasteiger partial charge in [-0.3, -0.25) is 0 Å². The van der Waals surface area contributed by atoms with Crippen LogP contribution in [-0.2, 0) is 0 Å². The second kappa shape index (κ2) is 5.73. The van der Waals surface area contributed by atoms with Gasteiger partial charge in [-0.05, 0) is 24.1 Å². The van der Waals surface area contributed by atoms with E-state index in [0.29, 0.717) is 5.57 Å². The van der Waals surface area contributed by atoms with Gasteiger partial charge in [0.1, 0.15) is 6.07 Å². The minimum Gasteiger partial charge on any atom is -0.307 e. The normalized spacial score (nSPS) is 10.9. The van der Waals surface area contributed by atoms with Gasteiger partial charge in [0.25, 0.3) is 0 Å². The van der Waals surface area contributed by atoms with E-state index in [1.807, 2.05) is 19.1 Å². The molecule has 0 aliphatic carbocycles. The molecule has 0 rings (SSSR count). The number of nitrogens with zero attached hydrogens (tertiary/aromatic N) is 1. The van der Waals surface area contributed by atoms with Gasteiger partial charge in [-0.25, -0.2) is 0 Å². The Hall–Kier alpha value is -1.88. The highest BCUT2D eigenvalue weighted by atomic mass is 14.3. The molecule has 0 aromatic carbocycles. The third-order valence-electron chi connectivity index (χ3n) is 1.39. The Morgan fingerprint density at radius 2 is 2.00 bits per heavy atom. The summed E-state index contributed by atoms with van der Waals surface area (Å²) in [6, 6.07) is 1.87. The molecule has 0 saturated heterocycles. The van der Waals surface area contributed by atoms with Gasteiger partial charge in [0.15, 0.2) is 0 Å². The molecule has 0 bridgehead atoms. The van der Waals surface area contributed by atoms with Gasteiger partial charge in [-0.2, -0.15) is 5.26 Å². The molecule has 0 radical (unpaired) electrons. The van der Waals surface area contributed by atoms with E-state index in [1.165, 1.54) is 6.08 Å². The Morgan fingerprint density at radius 3 is 2.38 bits per heavy atom. The van der Waals surface area contributed by atoms with Crippen molar-refractivity contribution >= 4 is 6.21 Å². The number of allylic oxidation sites excluding steroid dienone is 6. The fourth-order valence-electron chi connectivity index (χ4n) is 0.695. The smallest absolute Gasteiger partial charge is 0.101 e. The molecule has 1 N–H and O–H groups in total. The SMILES string of the molecule is C=C(/C=C\C)C(=C)/C=C(/C#N)C=N. The maximum absolute atomic E-state index is 8.53. The minimum atomic E-state index is 0.274. The largest absolute Gasteiger partial charge is 0.307 e. The van der Waals surface area contributed by atoms with Crippen molar-refractivity contribution in [2.75, 3.05) is 0 Å². The molecule has 0 unspecified atom stereocenters. The van der Waals surface area contributed by atoms with Crippen LogP contribution in [0.2, 0.25) is 0 Å². The number of nitriles is 1. The predicted molar refractivity (Wildman–Crippen MR) is 55.6 cm³/mol. The van der Waals surface area contributed by atoms with Crippen molar-refractivity contribution in [3.05, 3.63) is 48.1 Å². The molecule has 2 heteroatoms. The average Bonchev–Trinajstić information content (AvgIpc) is 2.14. The van der Waals surface area contributed by atoms with Crippen molar-refractivity contribution in [2.45, 2.75) is 6.92 Å². The van der Waals surface area contributed by atoms with Crippen molar-refractivity contribution in [3.63, 3.8) is 0 Å². The predicted octanol–water partition coefficient (Wildman–Crippen LogP) is 2.77. The lowest BCUT2D eigenvalue weighted by Crippen LogP contribution is -1.83. The van der Waals surface area contributed by atoms with Crippen LogP contribution in [0.1, 0.15) is 6.92 Å². The van der Waals surface area contributed by atoms with Gasteiger partial charge in [0, 0.05) is 6.21 Å². The zero-order valence-corrected chi connectivity index (χ0v) is 7.67. The summed E-state index contributed by atoms with van der Waals surface area (Å²) in [4.78, 5) is 0. The number of rotatable bonds is 4. The molecular weight excluding hydrogens is 160 g/mol. The third-order valence-corrected chi connectivity index (χ3v) is 1.39. The Labute approximate surface area is 78.7 Å². The summed E-state index contributed by atoms with van der Waals surface area (Å²) in [5.41, 5.74) is 1.67. The first-order valence-corrected chi connectivity index (χ1v) is 3.78. The molecule has 13 heavy (non-hydrogen) atoms. The second-order valence-corrected chi connectivity index (χ2v) is 2.41. The molecule has 0 aromatic heterocycles. The summed E-state index contributed by atoms with van der Waals surface area (Å²) in [7, 11) is 0. The quantitative estimate of drug-likeness (QED) is 0.395. The number of hydrogen-bond acceptors (Lipinski definition) is 2. The first-order chi connectivity index (χ1) is 6.15. The molecule has 0 aliphatic rings. The van der Waals surface area contributed by atoms with Gasteiger partial charge in [0.2, 0.25) is 0 Å². The maximum Gasteiger partial charge on any atom is 0.101 e. The first-order valence-electron chi connectivity index (χ1n) is 3.78. The number of hydrogen-bond donors (Lipinski definition) is 1. The van der Waals surface area contributed by atoms with Crippen LogP contribution in [0, 0.1) is 16.7 Å². The molecule has 0 amide bonds. The van der Waals surface area contributed by atoms with Gasteiger partial charge >= 0.3 is 0 Å². The molecule has 2 nitrogen and oxygen atoms in total. The Kier molecular flexibility index (Phi) is 4.90. The van der Waals surface area contributed by atoms with E-state index in [2.05, 4.69) is 13.2 Å². The highest BCUT2D eigenvalue weighted by Gasteiger charge is 1.94. The summed E-state index contributed by atoms with van der Waals surface area (Å²) in [6.07, 6.45) is 6.18. The topological polar surface area (TPSA) is 47.6 Å². The third kappa shape index (κ3) is 3.88. The van der Waals surface area contributed by atoms with Crippen molar-refractivity contribution in [1.29, 1.82) is 10.7 Å². The molecule has 0 atom stereocenters. The first kappa shape index (κ1) is 11.1. The summed E-state index contributed by atoms with van der Waals surface area (Å²) in [5.74, 6) is 0. The van der Waals surface area contributed by atoms with Crippen LogP contribution in [0.3, 0.4) is 0 Å². The lowest BCUT2D eigenvalue weighted by Gasteiger charge is -1.97. The number of nitrogens with one attached hydrogen (secondary N) is 1. The Bertz CT molecular complexity index is 324. The zero-order chi connectivity index (χ0) is 10.3. The molecule has 0 aliphatic heterocycles. The van der Waals surface area contributed by atoms with Crippen LogP contribution in [0.4, 0.5) is 0 Å². The molecule has 66 valence electrons. The van der Waals surface area contributed by atoms with E-state index in [1.54, 1.807) is 6.08 Å². The van der Waals surface area contributed by atoms with Crippen LogP contribution in [0.15, 0.2) is 48.1 Å². The fourth-order valence-corrected chi connectivity index (χ4v) is 0.695. The van der Waals surface area contributed by atoms with Gasteiger partial charge < -0.3 is 5.41 Å². The molecule has 0 saturated carbocycles. The fraction of sp³-hybridized carbons (Fsp3) is 0.0909. The Morgan fingerprint density at radius 1 is 1.38 bits per heavy atom. The lowest BCUT2D eigenvalue weighted by molar-refractivity contribution is 1.48. The van der Waals surface area contributed by atoms with Crippen LogP contribution >= 0.6 is 0 Å². The van der Waals surface area contributed by atoms with Gasteiger partial charge in [-0.1, -0.05) is 25.3 Å². The summed E-state index contributed by atoms with van der Waals surface area (Å²) < 4.78 is 0. The van der Waals surface area contributed by atoms with E-state index in [0.717, 1.165) is 11.8 Å². The van der Waals surface area contributed by atoms with E-state index >= 15 is 0 Å². The van der Waals surface area contributed by atoms with Crippen molar-refractivity contribution < 1.29 is 0 Å². The van der Waals surface area contributed by atoms with Crippen LogP contribution in [0.5, 0.6) is 0 Å².